The molecule has 1 aromatic carbocycles. The third kappa shape index (κ3) is 3.76. The summed E-state index contributed by atoms with van der Waals surface area (Å²) >= 11 is 3.46. The molecule has 0 aliphatic heterocycles. The standard InChI is InChI=1S/C18H22BrN5O/c1-4-5-6-14-21-12-8-7-11(9-13(12)22-14)20-18(25)17-15(19)16(10(2)3)23-24-17/h7-10H,4-6H2,1-3H3,(H,20,25)(H,21,22)(H,23,24). The third-order valence-electron chi connectivity index (χ3n) is 4.08. The van der Waals surface area contributed by atoms with E-state index in [0.717, 1.165) is 41.8 Å². The van der Waals surface area contributed by atoms with Crippen LogP contribution in [0.2, 0.25) is 0 Å². The fraction of sp³-hybridized carbons (Fsp3) is 0.389. The van der Waals surface area contributed by atoms with Gasteiger partial charge >= 0.3 is 0 Å². The van der Waals surface area contributed by atoms with Crippen molar-refractivity contribution < 1.29 is 4.79 Å². The highest BCUT2D eigenvalue weighted by molar-refractivity contribution is 9.10. The van der Waals surface area contributed by atoms with Gasteiger partial charge in [0.05, 0.1) is 21.2 Å². The van der Waals surface area contributed by atoms with Gasteiger partial charge in [-0.25, -0.2) is 4.98 Å². The summed E-state index contributed by atoms with van der Waals surface area (Å²) in [5.41, 5.74) is 3.82. The molecule has 2 aromatic heterocycles. The van der Waals surface area contributed by atoms with Crippen LogP contribution in [0, 0.1) is 0 Å². The predicted octanol–water partition coefficient (Wildman–Crippen LogP) is 4.77. The van der Waals surface area contributed by atoms with Crippen LogP contribution < -0.4 is 5.32 Å². The molecule has 0 atom stereocenters. The number of benzene rings is 1. The molecule has 0 saturated carbocycles. The maximum absolute atomic E-state index is 12.5. The van der Waals surface area contributed by atoms with Gasteiger partial charge in [-0.05, 0) is 46.5 Å². The maximum atomic E-state index is 12.5. The molecule has 3 N–H and O–H groups in total. The van der Waals surface area contributed by atoms with Gasteiger partial charge in [0.15, 0.2) is 5.69 Å². The van der Waals surface area contributed by atoms with Crippen molar-refractivity contribution in [2.75, 3.05) is 5.32 Å². The first-order valence-corrected chi connectivity index (χ1v) is 9.32. The Kier molecular flexibility index (Phi) is 5.22. The first-order chi connectivity index (χ1) is 12.0. The molecule has 7 heteroatoms. The lowest BCUT2D eigenvalue weighted by Crippen LogP contribution is -2.13. The quantitative estimate of drug-likeness (QED) is 0.553. The van der Waals surface area contributed by atoms with Crippen LogP contribution in [0.25, 0.3) is 11.0 Å². The minimum Gasteiger partial charge on any atom is -0.342 e. The summed E-state index contributed by atoms with van der Waals surface area (Å²) in [4.78, 5) is 20.4. The number of carbonyl (C=O) groups excluding carboxylic acids is 1. The van der Waals surface area contributed by atoms with Crippen LogP contribution >= 0.6 is 15.9 Å². The zero-order valence-corrected chi connectivity index (χ0v) is 16.2. The number of unbranched alkanes of at least 4 members (excludes halogenated alkanes) is 1. The second-order valence-corrected chi connectivity index (χ2v) is 7.22. The summed E-state index contributed by atoms with van der Waals surface area (Å²) in [7, 11) is 0. The minimum absolute atomic E-state index is 0.250. The van der Waals surface area contributed by atoms with Gasteiger partial charge in [-0.3, -0.25) is 9.89 Å². The van der Waals surface area contributed by atoms with Crippen LogP contribution in [-0.2, 0) is 6.42 Å². The fourth-order valence-corrected chi connectivity index (χ4v) is 3.48. The second kappa shape index (κ2) is 7.39. The normalized spacial score (nSPS) is 11.4. The van der Waals surface area contributed by atoms with Crippen molar-refractivity contribution in [1.82, 2.24) is 20.2 Å². The molecule has 132 valence electrons. The summed E-state index contributed by atoms with van der Waals surface area (Å²) in [5.74, 6) is 0.989. The number of anilines is 1. The van der Waals surface area contributed by atoms with Crippen LogP contribution in [0.4, 0.5) is 5.69 Å². The molecule has 0 bridgehead atoms. The highest BCUT2D eigenvalue weighted by atomic mass is 79.9. The third-order valence-corrected chi connectivity index (χ3v) is 4.88. The van der Waals surface area contributed by atoms with Gasteiger partial charge in [-0.15, -0.1) is 0 Å². The topological polar surface area (TPSA) is 86.5 Å². The number of H-pyrrole nitrogens is 2. The molecule has 2 heterocycles. The Hall–Kier alpha value is -2.15. The Morgan fingerprint density at radius 2 is 2.16 bits per heavy atom. The Morgan fingerprint density at radius 3 is 2.84 bits per heavy atom. The number of hydrogen-bond donors (Lipinski definition) is 3. The zero-order chi connectivity index (χ0) is 18.0. The van der Waals surface area contributed by atoms with Crippen molar-refractivity contribution in [2.24, 2.45) is 0 Å². The molecule has 3 rings (SSSR count). The summed E-state index contributed by atoms with van der Waals surface area (Å²) < 4.78 is 0.712. The molecule has 0 spiro atoms. The van der Waals surface area contributed by atoms with E-state index < -0.39 is 0 Å². The van der Waals surface area contributed by atoms with Gasteiger partial charge in [0, 0.05) is 12.1 Å². The number of nitrogens with one attached hydrogen (secondary N) is 3. The molecule has 0 radical (unpaired) electrons. The van der Waals surface area contributed by atoms with Crippen molar-refractivity contribution in [1.29, 1.82) is 0 Å². The van der Waals surface area contributed by atoms with Gasteiger partial charge in [0.1, 0.15) is 5.82 Å². The van der Waals surface area contributed by atoms with Crippen LogP contribution in [0.3, 0.4) is 0 Å². The number of imidazole rings is 1. The van der Waals surface area contributed by atoms with Gasteiger partial charge < -0.3 is 10.3 Å². The van der Waals surface area contributed by atoms with Gasteiger partial charge in [-0.2, -0.15) is 5.10 Å². The average molecular weight is 404 g/mol. The number of halogens is 1. The van der Waals surface area contributed by atoms with E-state index in [1.165, 1.54) is 0 Å². The number of carbonyl (C=O) groups is 1. The predicted molar refractivity (Wildman–Crippen MR) is 103 cm³/mol. The van der Waals surface area contributed by atoms with Crippen LogP contribution in [0.5, 0.6) is 0 Å². The zero-order valence-electron chi connectivity index (χ0n) is 14.6. The average Bonchev–Trinajstić information content (AvgIpc) is 3.15. The Morgan fingerprint density at radius 1 is 1.36 bits per heavy atom. The molecule has 0 aliphatic carbocycles. The number of aromatic nitrogens is 4. The number of fused-ring (bicyclic) bond motifs is 1. The number of hydrogen-bond acceptors (Lipinski definition) is 3. The van der Waals surface area contributed by atoms with Crippen molar-refractivity contribution in [3.63, 3.8) is 0 Å². The van der Waals surface area contributed by atoms with Crippen LogP contribution in [-0.4, -0.2) is 26.1 Å². The van der Waals surface area contributed by atoms with Crippen LogP contribution in [0.15, 0.2) is 22.7 Å². The van der Waals surface area contributed by atoms with E-state index in [0.29, 0.717) is 15.9 Å². The number of aromatic amines is 2. The Balaban J connectivity index is 1.79. The lowest BCUT2D eigenvalue weighted by Gasteiger charge is -2.04. The van der Waals surface area contributed by atoms with Crippen molar-refractivity contribution >= 4 is 38.6 Å². The first kappa shape index (κ1) is 17.7. The number of nitrogens with zero attached hydrogens (tertiary/aromatic N) is 2. The first-order valence-electron chi connectivity index (χ1n) is 8.53. The van der Waals surface area contributed by atoms with E-state index in [4.69, 9.17) is 0 Å². The van der Waals surface area contributed by atoms with Crippen molar-refractivity contribution in [2.45, 2.75) is 46.0 Å². The van der Waals surface area contributed by atoms with E-state index in [1.54, 1.807) is 0 Å². The molecule has 0 fully saturated rings. The molecule has 0 aliphatic rings. The van der Waals surface area contributed by atoms with E-state index in [2.05, 4.69) is 48.3 Å². The van der Waals surface area contributed by atoms with Crippen molar-refractivity contribution in [3.05, 3.63) is 39.9 Å². The lowest BCUT2D eigenvalue weighted by atomic mass is 10.1. The molecule has 6 nitrogen and oxygen atoms in total. The summed E-state index contributed by atoms with van der Waals surface area (Å²) in [6.07, 6.45) is 3.18. The van der Waals surface area contributed by atoms with Gasteiger partial charge in [-0.1, -0.05) is 27.2 Å². The second-order valence-electron chi connectivity index (χ2n) is 6.43. The number of rotatable bonds is 6. The smallest absolute Gasteiger partial charge is 0.277 e. The molecule has 25 heavy (non-hydrogen) atoms. The molecule has 0 saturated heterocycles. The van der Waals surface area contributed by atoms with Gasteiger partial charge in [0.2, 0.25) is 0 Å². The fourth-order valence-electron chi connectivity index (χ4n) is 2.67. The summed E-state index contributed by atoms with van der Waals surface area (Å²) in [6.45, 7) is 6.25. The SMILES string of the molecule is CCCCc1nc2ccc(NC(=O)c3n[nH]c(C(C)C)c3Br)cc2[nH]1. The monoisotopic (exact) mass is 403 g/mol. The van der Waals surface area contributed by atoms with E-state index in [-0.39, 0.29) is 11.8 Å². The lowest BCUT2D eigenvalue weighted by molar-refractivity contribution is 0.102. The van der Waals surface area contributed by atoms with Crippen LogP contribution in [0.1, 0.15) is 61.5 Å². The highest BCUT2D eigenvalue weighted by Crippen LogP contribution is 2.26. The molecular weight excluding hydrogens is 382 g/mol. The van der Waals surface area contributed by atoms with E-state index in [1.807, 2.05) is 32.0 Å². The Labute approximate surface area is 154 Å². The molecule has 0 unspecified atom stereocenters. The molecule has 3 aromatic rings. The largest absolute Gasteiger partial charge is 0.342 e. The van der Waals surface area contributed by atoms with Gasteiger partial charge in [0.25, 0.3) is 5.91 Å². The maximum Gasteiger partial charge on any atom is 0.277 e. The minimum atomic E-state index is -0.250. The summed E-state index contributed by atoms with van der Waals surface area (Å²) in [5, 5.41) is 9.94. The molecule has 1 amide bonds. The number of amides is 1. The molecular formula is C18H22BrN5O. The van der Waals surface area contributed by atoms with E-state index >= 15 is 0 Å². The summed E-state index contributed by atoms with van der Waals surface area (Å²) in [6, 6.07) is 5.67. The Bertz CT molecular complexity index is 896. The van der Waals surface area contributed by atoms with E-state index in [9.17, 15) is 4.79 Å². The highest BCUT2D eigenvalue weighted by Gasteiger charge is 2.19. The van der Waals surface area contributed by atoms with Crippen molar-refractivity contribution in [3.8, 4) is 0 Å². The number of aryl methyl sites for hydroxylation is 1.